The third-order valence-electron chi connectivity index (χ3n) is 1.61. The highest BCUT2D eigenvalue weighted by Gasteiger charge is 2.04. The average molecular weight is 336 g/mol. The number of rotatable bonds is 2. The van der Waals surface area contributed by atoms with Crippen molar-refractivity contribution in [3.05, 3.63) is 32.7 Å². The van der Waals surface area contributed by atoms with Gasteiger partial charge in [0.25, 0.3) is 5.91 Å². The molecule has 0 spiro atoms. The molecule has 0 fully saturated rings. The summed E-state index contributed by atoms with van der Waals surface area (Å²) in [5.74, 6) is 4.64. The van der Waals surface area contributed by atoms with Gasteiger partial charge < -0.3 is 5.11 Å². The lowest BCUT2D eigenvalue weighted by molar-refractivity contribution is -0.116. The number of aromatic hydroxyl groups is 1. The van der Waals surface area contributed by atoms with Gasteiger partial charge in [-0.1, -0.05) is 0 Å². The number of hydrazine groups is 1. The van der Waals surface area contributed by atoms with Crippen LogP contribution < -0.4 is 11.3 Å². The third kappa shape index (κ3) is 3.33. The number of carbonyl (C=O) groups excluding carboxylic acids is 1. The fraction of sp³-hybridized carbons (Fsp3) is 0. The number of nitrogens with two attached hydrogens (primary N) is 1. The van der Waals surface area contributed by atoms with Crippen LogP contribution in [0.15, 0.2) is 27.2 Å². The number of phenolic OH excluding ortho intramolecular Hbond substituents is 1. The molecule has 0 aliphatic rings. The maximum Gasteiger partial charge on any atom is 0.257 e. The van der Waals surface area contributed by atoms with E-state index in [0.29, 0.717) is 8.95 Å². The molecule has 0 aliphatic heterocycles. The van der Waals surface area contributed by atoms with E-state index in [4.69, 9.17) is 5.84 Å². The van der Waals surface area contributed by atoms with E-state index in [0.717, 1.165) is 5.56 Å². The molecule has 80 valence electrons. The van der Waals surface area contributed by atoms with Crippen molar-refractivity contribution in [1.82, 2.24) is 5.43 Å². The predicted molar refractivity (Wildman–Crippen MR) is 64.9 cm³/mol. The summed E-state index contributed by atoms with van der Waals surface area (Å²) in [6.45, 7) is 0. The molecule has 1 aromatic carbocycles. The minimum atomic E-state index is -0.393. The van der Waals surface area contributed by atoms with Gasteiger partial charge in [0.15, 0.2) is 0 Å². The summed E-state index contributed by atoms with van der Waals surface area (Å²) in [4.78, 5) is 10.8. The summed E-state index contributed by atoms with van der Waals surface area (Å²) in [7, 11) is 0. The van der Waals surface area contributed by atoms with E-state index in [1.165, 1.54) is 6.08 Å². The summed E-state index contributed by atoms with van der Waals surface area (Å²) < 4.78 is 1.09. The molecule has 0 bridgehead atoms. The van der Waals surface area contributed by atoms with Crippen molar-refractivity contribution < 1.29 is 9.90 Å². The number of nitrogens with one attached hydrogen (secondary N) is 1. The van der Waals surface area contributed by atoms with Crippen molar-refractivity contribution in [3.8, 4) is 5.75 Å². The molecule has 0 atom stereocenters. The number of benzene rings is 1. The van der Waals surface area contributed by atoms with E-state index in [9.17, 15) is 9.90 Å². The molecule has 6 heteroatoms. The Hall–Kier alpha value is -0.850. The summed E-state index contributed by atoms with van der Waals surface area (Å²) in [5, 5.41) is 9.44. The molecule has 4 N–H and O–H groups in total. The molecule has 1 amide bonds. The minimum Gasteiger partial charge on any atom is -0.506 e. The van der Waals surface area contributed by atoms with Crippen molar-refractivity contribution in [1.29, 1.82) is 0 Å². The van der Waals surface area contributed by atoms with Gasteiger partial charge in [-0.2, -0.15) is 0 Å². The quantitative estimate of drug-likeness (QED) is 0.334. The Balaban J connectivity index is 2.97. The lowest BCUT2D eigenvalue weighted by Gasteiger charge is -2.01. The highest BCUT2D eigenvalue weighted by atomic mass is 79.9. The van der Waals surface area contributed by atoms with Crippen LogP contribution in [0.3, 0.4) is 0 Å². The standard InChI is InChI=1S/C9H8Br2N2O2/c10-6-3-5(1-2-8(14)13-12)4-7(11)9(6)15/h1-4,15H,12H2,(H,13,14). The van der Waals surface area contributed by atoms with Gasteiger partial charge in [0.2, 0.25) is 0 Å². The van der Waals surface area contributed by atoms with Crippen LogP contribution in [0, 0.1) is 0 Å². The highest BCUT2D eigenvalue weighted by molar-refractivity contribution is 9.11. The van der Waals surface area contributed by atoms with Gasteiger partial charge in [-0.25, -0.2) is 5.84 Å². The monoisotopic (exact) mass is 334 g/mol. The normalized spacial score (nSPS) is 10.6. The van der Waals surface area contributed by atoms with Crippen molar-refractivity contribution in [2.45, 2.75) is 0 Å². The summed E-state index contributed by atoms with van der Waals surface area (Å²) in [5.41, 5.74) is 2.74. The molecule has 0 heterocycles. The molecule has 1 rings (SSSR count). The van der Waals surface area contributed by atoms with Crippen molar-refractivity contribution in [2.75, 3.05) is 0 Å². The smallest absolute Gasteiger partial charge is 0.257 e. The Labute approximate surface area is 103 Å². The van der Waals surface area contributed by atoms with E-state index in [1.54, 1.807) is 18.2 Å². The van der Waals surface area contributed by atoms with E-state index in [1.807, 2.05) is 5.43 Å². The molecule has 0 aliphatic carbocycles. The third-order valence-corrected chi connectivity index (χ3v) is 2.82. The first-order chi connectivity index (χ1) is 7.04. The molecule has 0 radical (unpaired) electrons. The average Bonchev–Trinajstić information content (AvgIpc) is 2.22. The molecule has 0 unspecified atom stereocenters. The number of halogens is 2. The second-order valence-corrected chi connectivity index (χ2v) is 4.38. The largest absolute Gasteiger partial charge is 0.506 e. The van der Waals surface area contributed by atoms with Gasteiger partial charge in [-0.05, 0) is 55.6 Å². The number of hydrogen-bond donors (Lipinski definition) is 3. The summed E-state index contributed by atoms with van der Waals surface area (Å²) in [6, 6.07) is 3.36. The van der Waals surface area contributed by atoms with Gasteiger partial charge in [-0.15, -0.1) is 0 Å². The van der Waals surface area contributed by atoms with Crippen LogP contribution >= 0.6 is 31.9 Å². The number of hydrogen-bond acceptors (Lipinski definition) is 3. The lowest BCUT2D eigenvalue weighted by Crippen LogP contribution is -2.27. The van der Waals surface area contributed by atoms with Crippen LogP contribution in [0.1, 0.15) is 5.56 Å². The maximum atomic E-state index is 10.8. The molecule has 4 nitrogen and oxygen atoms in total. The first-order valence-corrected chi connectivity index (χ1v) is 5.50. The van der Waals surface area contributed by atoms with E-state index < -0.39 is 5.91 Å². The maximum absolute atomic E-state index is 10.8. The van der Waals surface area contributed by atoms with Crippen LogP contribution in [-0.2, 0) is 4.79 Å². The Kier molecular flexibility index (Phi) is 4.31. The minimum absolute atomic E-state index is 0.121. The fourth-order valence-electron chi connectivity index (χ4n) is 0.901. The van der Waals surface area contributed by atoms with Crippen LogP contribution in [0.25, 0.3) is 6.08 Å². The molecular formula is C9H8Br2N2O2. The second-order valence-electron chi connectivity index (χ2n) is 2.68. The number of amides is 1. The molecule has 15 heavy (non-hydrogen) atoms. The van der Waals surface area contributed by atoms with Crippen LogP contribution in [0.4, 0.5) is 0 Å². The Morgan fingerprint density at radius 3 is 2.40 bits per heavy atom. The first-order valence-electron chi connectivity index (χ1n) is 3.91. The van der Waals surface area contributed by atoms with Crippen molar-refractivity contribution >= 4 is 43.8 Å². The zero-order valence-electron chi connectivity index (χ0n) is 7.50. The molecule has 0 saturated heterocycles. The molecule has 1 aromatic rings. The Bertz CT molecular complexity index is 396. The zero-order valence-corrected chi connectivity index (χ0v) is 10.7. The van der Waals surface area contributed by atoms with E-state index >= 15 is 0 Å². The van der Waals surface area contributed by atoms with E-state index in [2.05, 4.69) is 31.9 Å². The van der Waals surface area contributed by atoms with Gasteiger partial charge in [-0.3, -0.25) is 10.2 Å². The highest BCUT2D eigenvalue weighted by Crippen LogP contribution is 2.33. The van der Waals surface area contributed by atoms with Crippen LogP contribution in [0.2, 0.25) is 0 Å². The zero-order chi connectivity index (χ0) is 11.4. The predicted octanol–water partition coefficient (Wildman–Crippen LogP) is 1.92. The van der Waals surface area contributed by atoms with Crippen molar-refractivity contribution in [3.63, 3.8) is 0 Å². The topological polar surface area (TPSA) is 75.3 Å². The lowest BCUT2D eigenvalue weighted by atomic mass is 10.2. The number of carbonyl (C=O) groups is 1. The molecular weight excluding hydrogens is 328 g/mol. The first kappa shape index (κ1) is 12.2. The van der Waals surface area contributed by atoms with Crippen LogP contribution in [-0.4, -0.2) is 11.0 Å². The SMILES string of the molecule is NNC(=O)C=Cc1cc(Br)c(O)c(Br)c1. The Morgan fingerprint density at radius 1 is 1.40 bits per heavy atom. The summed E-state index contributed by atoms with van der Waals surface area (Å²) in [6.07, 6.45) is 2.88. The Morgan fingerprint density at radius 2 is 1.93 bits per heavy atom. The van der Waals surface area contributed by atoms with E-state index in [-0.39, 0.29) is 5.75 Å². The number of phenols is 1. The molecule has 0 aromatic heterocycles. The van der Waals surface area contributed by atoms with Gasteiger partial charge in [0.05, 0.1) is 8.95 Å². The van der Waals surface area contributed by atoms with Gasteiger partial charge in [0, 0.05) is 6.08 Å². The molecule has 0 saturated carbocycles. The van der Waals surface area contributed by atoms with Gasteiger partial charge >= 0.3 is 0 Å². The summed E-state index contributed by atoms with van der Waals surface area (Å²) >= 11 is 6.36. The van der Waals surface area contributed by atoms with Gasteiger partial charge in [0.1, 0.15) is 5.75 Å². The van der Waals surface area contributed by atoms with Crippen molar-refractivity contribution in [2.24, 2.45) is 5.84 Å². The fourth-order valence-corrected chi connectivity index (χ4v) is 2.12. The van der Waals surface area contributed by atoms with Crippen LogP contribution in [0.5, 0.6) is 5.75 Å². The second kappa shape index (κ2) is 5.29.